The van der Waals surface area contributed by atoms with Gasteiger partial charge in [-0.25, -0.2) is 0 Å². The molecule has 0 bridgehead atoms. The van der Waals surface area contributed by atoms with E-state index in [2.05, 4.69) is 77.0 Å². The number of nitrogens with zero attached hydrogens (tertiary/aromatic N) is 3. The van der Waals surface area contributed by atoms with Crippen molar-refractivity contribution in [2.24, 2.45) is 0 Å². The molecule has 3 rings (SSSR count). The van der Waals surface area contributed by atoms with Crippen LogP contribution in [0.4, 0.5) is 0 Å². The maximum Gasteiger partial charge on any atom is 0.0669 e. The van der Waals surface area contributed by atoms with E-state index in [9.17, 15) is 0 Å². The molecular weight excluding hydrogens is 258 g/mol. The van der Waals surface area contributed by atoms with Gasteiger partial charge in [-0.1, -0.05) is 30.3 Å². The van der Waals surface area contributed by atoms with Gasteiger partial charge in [0.05, 0.1) is 11.2 Å². The molecule has 0 radical (unpaired) electrons. The molecule has 0 saturated heterocycles. The Kier molecular flexibility index (Phi) is 4.02. The van der Waals surface area contributed by atoms with E-state index in [1.807, 2.05) is 6.20 Å². The SMILES string of the molecule is CN(C)Cc1ccc2c(CCc3ccccc3)nccn12. The molecule has 3 aromatic rings. The summed E-state index contributed by atoms with van der Waals surface area (Å²) in [6, 6.07) is 15.0. The van der Waals surface area contributed by atoms with Crippen LogP contribution in [0.25, 0.3) is 5.52 Å². The van der Waals surface area contributed by atoms with Crippen molar-refractivity contribution < 1.29 is 0 Å². The average Bonchev–Trinajstić information content (AvgIpc) is 2.89. The lowest BCUT2D eigenvalue weighted by atomic mass is 10.1. The molecule has 1 aromatic carbocycles. The van der Waals surface area contributed by atoms with Crippen LogP contribution in [0.3, 0.4) is 0 Å². The Balaban J connectivity index is 1.84. The second kappa shape index (κ2) is 6.10. The second-order valence-corrected chi connectivity index (χ2v) is 5.68. The van der Waals surface area contributed by atoms with E-state index in [1.54, 1.807) is 0 Å². The second-order valence-electron chi connectivity index (χ2n) is 5.68. The van der Waals surface area contributed by atoms with Crippen LogP contribution in [-0.4, -0.2) is 28.4 Å². The maximum absolute atomic E-state index is 4.58. The molecule has 108 valence electrons. The van der Waals surface area contributed by atoms with E-state index in [0.717, 1.165) is 19.4 Å². The van der Waals surface area contributed by atoms with Crippen LogP contribution in [-0.2, 0) is 19.4 Å². The zero-order chi connectivity index (χ0) is 14.7. The topological polar surface area (TPSA) is 20.5 Å². The normalized spacial score (nSPS) is 11.4. The van der Waals surface area contributed by atoms with Gasteiger partial charge in [0.1, 0.15) is 0 Å². The van der Waals surface area contributed by atoms with Crippen molar-refractivity contribution >= 4 is 5.52 Å². The van der Waals surface area contributed by atoms with Crippen LogP contribution in [0.2, 0.25) is 0 Å². The van der Waals surface area contributed by atoms with Crippen molar-refractivity contribution in [2.45, 2.75) is 19.4 Å². The molecule has 0 spiro atoms. The van der Waals surface area contributed by atoms with Crippen LogP contribution in [0.1, 0.15) is 17.0 Å². The van der Waals surface area contributed by atoms with Crippen molar-refractivity contribution in [2.75, 3.05) is 14.1 Å². The summed E-state index contributed by atoms with van der Waals surface area (Å²) in [5.74, 6) is 0. The number of hydrogen-bond acceptors (Lipinski definition) is 2. The first kappa shape index (κ1) is 13.8. The summed E-state index contributed by atoms with van der Waals surface area (Å²) in [6.45, 7) is 0.941. The Labute approximate surface area is 125 Å². The van der Waals surface area contributed by atoms with Gasteiger partial charge in [-0.2, -0.15) is 0 Å². The fraction of sp³-hybridized carbons (Fsp3) is 0.278. The van der Waals surface area contributed by atoms with E-state index < -0.39 is 0 Å². The smallest absolute Gasteiger partial charge is 0.0669 e. The number of rotatable bonds is 5. The first-order chi connectivity index (χ1) is 10.2. The van der Waals surface area contributed by atoms with E-state index in [-0.39, 0.29) is 0 Å². The van der Waals surface area contributed by atoms with Crippen LogP contribution < -0.4 is 0 Å². The van der Waals surface area contributed by atoms with Crippen molar-refractivity contribution in [3.8, 4) is 0 Å². The molecule has 21 heavy (non-hydrogen) atoms. The van der Waals surface area contributed by atoms with Gasteiger partial charge in [0.25, 0.3) is 0 Å². The summed E-state index contributed by atoms with van der Waals surface area (Å²) in [5.41, 5.74) is 5.07. The van der Waals surface area contributed by atoms with E-state index in [0.29, 0.717) is 0 Å². The summed E-state index contributed by atoms with van der Waals surface area (Å²) >= 11 is 0. The Morgan fingerprint density at radius 2 is 1.81 bits per heavy atom. The highest BCUT2D eigenvalue weighted by Gasteiger charge is 2.07. The summed E-state index contributed by atoms with van der Waals surface area (Å²) < 4.78 is 2.26. The predicted octanol–water partition coefficient (Wildman–Crippen LogP) is 3.18. The van der Waals surface area contributed by atoms with Gasteiger partial charge < -0.3 is 9.30 Å². The predicted molar refractivity (Wildman–Crippen MR) is 86.4 cm³/mol. The van der Waals surface area contributed by atoms with Crippen molar-refractivity contribution in [1.29, 1.82) is 0 Å². The zero-order valence-corrected chi connectivity index (χ0v) is 12.7. The van der Waals surface area contributed by atoms with Gasteiger partial charge >= 0.3 is 0 Å². The molecule has 0 aliphatic rings. The fourth-order valence-corrected chi connectivity index (χ4v) is 2.71. The summed E-state index contributed by atoms with van der Waals surface area (Å²) in [4.78, 5) is 6.77. The van der Waals surface area contributed by atoms with E-state index in [1.165, 1.54) is 22.5 Å². The Morgan fingerprint density at radius 3 is 2.57 bits per heavy atom. The quantitative estimate of drug-likeness (QED) is 0.715. The van der Waals surface area contributed by atoms with Gasteiger partial charge in [0, 0.05) is 24.6 Å². The third-order valence-corrected chi connectivity index (χ3v) is 3.72. The van der Waals surface area contributed by atoms with Gasteiger partial charge in [-0.05, 0) is 44.6 Å². The van der Waals surface area contributed by atoms with Crippen LogP contribution in [0, 0.1) is 0 Å². The molecule has 0 fully saturated rings. The highest BCUT2D eigenvalue weighted by molar-refractivity contribution is 5.54. The molecule has 3 nitrogen and oxygen atoms in total. The number of fused-ring (bicyclic) bond motifs is 1. The zero-order valence-electron chi connectivity index (χ0n) is 12.7. The average molecular weight is 279 g/mol. The molecule has 0 atom stereocenters. The van der Waals surface area contributed by atoms with Gasteiger partial charge in [-0.15, -0.1) is 0 Å². The first-order valence-electron chi connectivity index (χ1n) is 7.36. The highest BCUT2D eigenvalue weighted by Crippen LogP contribution is 2.16. The third kappa shape index (κ3) is 3.14. The molecule has 2 heterocycles. The molecule has 0 aliphatic carbocycles. The number of aromatic nitrogens is 2. The summed E-state index contributed by atoms with van der Waals surface area (Å²) in [6.07, 6.45) is 5.97. The Bertz CT molecular complexity index is 714. The van der Waals surface area contributed by atoms with Gasteiger partial charge in [0.15, 0.2) is 0 Å². The molecule has 0 aliphatic heterocycles. The highest BCUT2D eigenvalue weighted by atomic mass is 15.1. The maximum atomic E-state index is 4.58. The molecule has 0 unspecified atom stereocenters. The lowest BCUT2D eigenvalue weighted by Crippen LogP contribution is -2.12. The third-order valence-electron chi connectivity index (χ3n) is 3.72. The molecule has 0 N–H and O–H groups in total. The van der Waals surface area contributed by atoms with Crippen molar-refractivity contribution in [1.82, 2.24) is 14.3 Å². The molecule has 2 aromatic heterocycles. The minimum absolute atomic E-state index is 0.941. The minimum atomic E-state index is 0.941. The lowest BCUT2D eigenvalue weighted by Gasteiger charge is -2.10. The molecule has 3 heteroatoms. The van der Waals surface area contributed by atoms with Gasteiger partial charge in [0.2, 0.25) is 0 Å². The summed E-state index contributed by atoms with van der Waals surface area (Å²) in [5, 5.41) is 0. The lowest BCUT2D eigenvalue weighted by molar-refractivity contribution is 0.395. The Hall–Kier alpha value is -2.13. The molecular formula is C18H21N3. The first-order valence-corrected chi connectivity index (χ1v) is 7.36. The largest absolute Gasteiger partial charge is 0.316 e. The van der Waals surface area contributed by atoms with Crippen LogP contribution in [0.5, 0.6) is 0 Å². The van der Waals surface area contributed by atoms with Crippen molar-refractivity contribution in [3.63, 3.8) is 0 Å². The van der Waals surface area contributed by atoms with E-state index in [4.69, 9.17) is 0 Å². The molecule has 0 saturated carbocycles. The minimum Gasteiger partial charge on any atom is -0.316 e. The van der Waals surface area contributed by atoms with Crippen LogP contribution in [0.15, 0.2) is 54.9 Å². The fourth-order valence-electron chi connectivity index (χ4n) is 2.71. The molecule has 0 amide bonds. The van der Waals surface area contributed by atoms with E-state index >= 15 is 0 Å². The van der Waals surface area contributed by atoms with Gasteiger partial charge in [-0.3, -0.25) is 4.98 Å². The number of hydrogen-bond donors (Lipinski definition) is 0. The number of aryl methyl sites for hydroxylation is 2. The van der Waals surface area contributed by atoms with Crippen molar-refractivity contribution in [3.05, 3.63) is 71.8 Å². The standard InChI is InChI=1S/C18H21N3/c1-20(2)14-16-9-11-18-17(19-12-13-21(16)18)10-8-15-6-4-3-5-7-15/h3-7,9,11-13H,8,10,14H2,1-2H3. The Morgan fingerprint density at radius 1 is 1.00 bits per heavy atom. The summed E-state index contributed by atoms with van der Waals surface area (Å²) in [7, 11) is 4.19. The van der Waals surface area contributed by atoms with Crippen LogP contribution >= 0.6 is 0 Å². The number of benzene rings is 1. The monoisotopic (exact) mass is 279 g/mol.